The molecule has 78 valence electrons. The smallest absolute Gasteiger partial charge is 0.394 e. The first kappa shape index (κ1) is 11.1. The molecule has 0 aromatic heterocycles. The predicted molar refractivity (Wildman–Crippen MR) is 43.4 cm³/mol. The number of aliphatic hydroxyl groups excluding tert-OH is 1. The molecule has 1 aliphatic rings. The number of hydrogen-bond acceptors (Lipinski definition) is 6. The van der Waals surface area contributed by atoms with E-state index < -0.39 is 7.82 Å². The first-order chi connectivity index (χ1) is 6.27. The van der Waals surface area contributed by atoms with E-state index in [0.717, 1.165) is 0 Å². The summed E-state index contributed by atoms with van der Waals surface area (Å²) in [7, 11) is -3.26. The SMILES string of the molecule is O=P1(OCCOCCO)OCCO1. The van der Waals surface area contributed by atoms with Gasteiger partial charge < -0.3 is 9.84 Å². The van der Waals surface area contributed by atoms with E-state index in [4.69, 9.17) is 23.4 Å². The predicted octanol–water partition coefficient (Wildman–Crippen LogP) is 0.167. The summed E-state index contributed by atoms with van der Waals surface area (Å²) in [6, 6.07) is 0. The van der Waals surface area contributed by atoms with Gasteiger partial charge in [-0.05, 0) is 0 Å². The molecule has 13 heavy (non-hydrogen) atoms. The second kappa shape index (κ2) is 5.70. The summed E-state index contributed by atoms with van der Waals surface area (Å²) >= 11 is 0. The zero-order chi connectivity index (χ0) is 9.57. The molecule has 0 aromatic carbocycles. The van der Waals surface area contributed by atoms with E-state index >= 15 is 0 Å². The van der Waals surface area contributed by atoms with E-state index in [0.29, 0.717) is 13.2 Å². The number of ether oxygens (including phenoxy) is 1. The highest BCUT2D eigenvalue weighted by Gasteiger charge is 2.31. The lowest BCUT2D eigenvalue weighted by Gasteiger charge is -2.09. The highest BCUT2D eigenvalue weighted by atomic mass is 31.2. The molecule has 0 radical (unpaired) electrons. The number of phosphoric ester groups is 1. The summed E-state index contributed by atoms with van der Waals surface area (Å²) in [6.07, 6.45) is 0. The van der Waals surface area contributed by atoms with Crippen molar-refractivity contribution in [2.24, 2.45) is 0 Å². The van der Waals surface area contributed by atoms with Gasteiger partial charge in [0.15, 0.2) is 0 Å². The summed E-state index contributed by atoms with van der Waals surface area (Å²) < 4.78 is 30.5. The van der Waals surface area contributed by atoms with E-state index in [2.05, 4.69) is 0 Å². The first-order valence-electron chi connectivity index (χ1n) is 3.99. The summed E-state index contributed by atoms with van der Waals surface area (Å²) in [5, 5.41) is 8.36. The monoisotopic (exact) mass is 212 g/mol. The Morgan fingerprint density at radius 2 is 1.92 bits per heavy atom. The van der Waals surface area contributed by atoms with Crippen LogP contribution in [0.25, 0.3) is 0 Å². The van der Waals surface area contributed by atoms with Crippen LogP contribution >= 0.6 is 7.82 Å². The van der Waals surface area contributed by atoms with Gasteiger partial charge in [-0.1, -0.05) is 0 Å². The Morgan fingerprint density at radius 3 is 2.54 bits per heavy atom. The molecule has 0 unspecified atom stereocenters. The summed E-state index contributed by atoms with van der Waals surface area (Å²) in [5.41, 5.74) is 0. The Morgan fingerprint density at radius 1 is 1.23 bits per heavy atom. The van der Waals surface area contributed by atoms with Gasteiger partial charge in [0.05, 0.1) is 39.6 Å². The molecular weight excluding hydrogens is 199 g/mol. The normalized spacial score (nSPS) is 20.7. The van der Waals surface area contributed by atoms with Gasteiger partial charge in [-0.15, -0.1) is 0 Å². The number of phosphoric acid groups is 1. The molecule has 0 aliphatic carbocycles. The molecule has 0 bridgehead atoms. The maximum absolute atomic E-state index is 11.3. The van der Waals surface area contributed by atoms with Gasteiger partial charge >= 0.3 is 7.82 Å². The van der Waals surface area contributed by atoms with Crippen molar-refractivity contribution < 1.29 is 28.0 Å². The van der Waals surface area contributed by atoms with Gasteiger partial charge in [-0.3, -0.25) is 13.6 Å². The molecule has 0 spiro atoms. The van der Waals surface area contributed by atoms with Crippen LogP contribution in [0.5, 0.6) is 0 Å². The highest BCUT2D eigenvalue weighted by molar-refractivity contribution is 7.48. The van der Waals surface area contributed by atoms with Crippen molar-refractivity contribution >= 4 is 7.82 Å². The van der Waals surface area contributed by atoms with Crippen molar-refractivity contribution in [1.29, 1.82) is 0 Å². The Kier molecular flexibility index (Phi) is 4.87. The standard InChI is InChI=1S/C6H13O6P/c7-1-2-9-3-4-10-13(8)11-5-6-12-13/h7H,1-6H2. The zero-order valence-corrected chi connectivity index (χ0v) is 8.07. The van der Waals surface area contributed by atoms with Crippen molar-refractivity contribution in [2.75, 3.05) is 39.6 Å². The molecule has 1 rings (SSSR count). The van der Waals surface area contributed by atoms with Gasteiger partial charge in [-0.25, -0.2) is 4.57 Å². The van der Waals surface area contributed by atoms with Gasteiger partial charge in [0.25, 0.3) is 0 Å². The maximum atomic E-state index is 11.3. The Balaban J connectivity index is 2.01. The molecule has 6 nitrogen and oxygen atoms in total. The first-order valence-corrected chi connectivity index (χ1v) is 5.45. The van der Waals surface area contributed by atoms with Crippen LogP contribution in [-0.4, -0.2) is 44.7 Å². The van der Waals surface area contributed by atoms with E-state index in [1.807, 2.05) is 0 Å². The third kappa shape index (κ3) is 4.17. The molecule has 1 aliphatic heterocycles. The molecular formula is C6H13O6P. The molecule has 1 saturated heterocycles. The Hall–Kier alpha value is 0.0300. The lowest BCUT2D eigenvalue weighted by atomic mass is 10.7. The van der Waals surface area contributed by atoms with Crippen molar-refractivity contribution in [3.05, 3.63) is 0 Å². The third-order valence-electron chi connectivity index (χ3n) is 1.29. The third-order valence-corrected chi connectivity index (χ3v) is 2.79. The fourth-order valence-corrected chi connectivity index (χ4v) is 1.90. The summed E-state index contributed by atoms with van der Waals surface area (Å²) in [4.78, 5) is 0. The molecule has 1 N–H and O–H groups in total. The second-order valence-electron chi connectivity index (χ2n) is 2.28. The number of aliphatic hydroxyl groups is 1. The van der Waals surface area contributed by atoms with E-state index in [1.54, 1.807) is 0 Å². The minimum atomic E-state index is -3.26. The van der Waals surface area contributed by atoms with Crippen LogP contribution in [0, 0.1) is 0 Å². The molecule has 0 saturated carbocycles. The lowest BCUT2D eigenvalue weighted by Crippen LogP contribution is -2.06. The highest BCUT2D eigenvalue weighted by Crippen LogP contribution is 2.52. The van der Waals surface area contributed by atoms with Gasteiger partial charge in [-0.2, -0.15) is 0 Å². The Labute approximate surface area is 76.4 Å². The average molecular weight is 212 g/mol. The topological polar surface area (TPSA) is 74.2 Å². The Bertz CT molecular complexity index is 174. The van der Waals surface area contributed by atoms with E-state index in [1.165, 1.54) is 0 Å². The lowest BCUT2D eigenvalue weighted by molar-refractivity contribution is 0.0615. The van der Waals surface area contributed by atoms with Crippen molar-refractivity contribution in [3.8, 4) is 0 Å². The molecule has 1 heterocycles. The maximum Gasteiger partial charge on any atom is 0.475 e. The number of rotatable bonds is 6. The molecule has 1 fully saturated rings. The second-order valence-corrected chi connectivity index (χ2v) is 3.95. The van der Waals surface area contributed by atoms with Crippen LogP contribution in [0.3, 0.4) is 0 Å². The van der Waals surface area contributed by atoms with Crippen LogP contribution in [-0.2, 0) is 22.9 Å². The van der Waals surface area contributed by atoms with Crippen LogP contribution in [0.15, 0.2) is 0 Å². The average Bonchev–Trinajstić information content (AvgIpc) is 2.53. The van der Waals surface area contributed by atoms with Crippen LogP contribution in [0.4, 0.5) is 0 Å². The molecule has 7 heteroatoms. The minimum Gasteiger partial charge on any atom is -0.394 e. The van der Waals surface area contributed by atoms with Crippen molar-refractivity contribution in [1.82, 2.24) is 0 Å². The van der Waals surface area contributed by atoms with Crippen molar-refractivity contribution in [2.45, 2.75) is 0 Å². The zero-order valence-electron chi connectivity index (χ0n) is 7.18. The quantitative estimate of drug-likeness (QED) is 0.499. The fourth-order valence-electron chi connectivity index (χ4n) is 0.785. The number of hydrogen-bond donors (Lipinski definition) is 1. The van der Waals surface area contributed by atoms with E-state index in [-0.39, 0.29) is 26.4 Å². The van der Waals surface area contributed by atoms with Crippen LogP contribution < -0.4 is 0 Å². The van der Waals surface area contributed by atoms with E-state index in [9.17, 15) is 4.57 Å². The molecule has 0 atom stereocenters. The van der Waals surface area contributed by atoms with Crippen molar-refractivity contribution in [3.63, 3.8) is 0 Å². The summed E-state index contributed by atoms with van der Waals surface area (Å²) in [5.74, 6) is 0. The molecule has 0 aromatic rings. The van der Waals surface area contributed by atoms with Gasteiger partial charge in [0.1, 0.15) is 0 Å². The minimum absolute atomic E-state index is 0.0370. The van der Waals surface area contributed by atoms with Gasteiger partial charge in [0, 0.05) is 0 Å². The molecule has 0 amide bonds. The van der Waals surface area contributed by atoms with Gasteiger partial charge in [0.2, 0.25) is 0 Å². The van der Waals surface area contributed by atoms with Crippen LogP contribution in [0.1, 0.15) is 0 Å². The van der Waals surface area contributed by atoms with Crippen LogP contribution in [0.2, 0.25) is 0 Å². The summed E-state index contributed by atoms with van der Waals surface area (Å²) in [6.45, 7) is 1.21. The fraction of sp³-hybridized carbons (Fsp3) is 1.00. The largest absolute Gasteiger partial charge is 0.475 e.